The van der Waals surface area contributed by atoms with Gasteiger partial charge in [-0.2, -0.15) is 0 Å². The van der Waals surface area contributed by atoms with E-state index >= 15 is 0 Å². The van der Waals surface area contributed by atoms with E-state index in [-0.39, 0.29) is 5.92 Å². The van der Waals surface area contributed by atoms with Crippen LogP contribution in [-0.4, -0.2) is 13.7 Å². The van der Waals surface area contributed by atoms with Gasteiger partial charge in [0.25, 0.3) is 0 Å². The molecule has 0 saturated heterocycles. The topological polar surface area (TPSA) is 35.2 Å². The van der Waals surface area contributed by atoms with Crippen LogP contribution < -0.4 is 10.5 Å². The van der Waals surface area contributed by atoms with Crippen molar-refractivity contribution in [2.75, 3.05) is 13.7 Å². The summed E-state index contributed by atoms with van der Waals surface area (Å²) in [5, 5.41) is 0. The van der Waals surface area contributed by atoms with Gasteiger partial charge >= 0.3 is 0 Å². The lowest BCUT2D eigenvalue weighted by molar-refractivity contribution is 0.403. The van der Waals surface area contributed by atoms with Crippen LogP contribution in [0.5, 0.6) is 5.75 Å². The van der Waals surface area contributed by atoms with Crippen molar-refractivity contribution in [2.24, 2.45) is 11.7 Å². The van der Waals surface area contributed by atoms with Gasteiger partial charge in [-0.25, -0.2) is 8.78 Å². The predicted octanol–water partition coefficient (Wildman–Crippen LogP) is 3.33. The fraction of sp³-hybridized carbons (Fsp3) is 0.294. The van der Waals surface area contributed by atoms with E-state index < -0.39 is 11.6 Å². The highest BCUT2D eigenvalue weighted by molar-refractivity contribution is 5.33. The van der Waals surface area contributed by atoms with E-state index in [1.54, 1.807) is 7.11 Å². The van der Waals surface area contributed by atoms with E-state index in [0.717, 1.165) is 23.4 Å². The quantitative estimate of drug-likeness (QED) is 0.886. The third-order valence-corrected chi connectivity index (χ3v) is 3.55. The maximum atomic E-state index is 13.7. The van der Waals surface area contributed by atoms with Crippen LogP contribution in [0.3, 0.4) is 0 Å². The minimum absolute atomic E-state index is 0.0256. The van der Waals surface area contributed by atoms with Crippen molar-refractivity contribution < 1.29 is 13.5 Å². The molecule has 0 radical (unpaired) electrons. The molecule has 2 aromatic rings. The maximum absolute atomic E-state index is 13.7. The molecule has 0 aliphatic rings. The SMILES string of the molecule is COc1ccccc1CC(CN)Cc1cc(F)ccc1F. The number of benzene rings is 2. The first kappa shape index (κ1) is 15.4. The molecule has 2 aromatic carbocycles. The third kappa shape index (κ3) is 4.02. The van der Waals surface area contributed by atoms with E-state index in [4.69, 9.17) is 10.5 Å². The molecular weight excluding hydrogens is 272 g/mol. The highest BCUT2D eigenvalue weighted by Crippen LogP contribution is 2.23. The van der Waals surface area contributed by atoms with Crippen molar-refractivity contribution in [3.05, 3.63) is 65.2 Å². The number of ether oxygens (including phenoxy) is 1. The van der Waals surface area contributed by atoms with Crippen LogP contribution in [0.1, 0.15) is 11.1 Å². The molecule has 0 amide bonds. The number of rotatable bonds is 6. The van der Waals surface area contributed by atoms with Crippen LogP contribution in [0.15, 0.2) is 42.5 Å². The standard InChI is InChI=1S/C17H19F2NO/c1-21-17-5-3-2-4-13(17)8-12(11-20)9-14-10-15(18)6-7-16(14)19/h2-7,10,12H,8-9,11,20H2,1H3. The van der Waals surface area contributed by atoms with E-state index in [9.17, 15) is 8.78 Å². The third-order valence-electron chi connectivity index (χ3n) is 3.55. The van der Waals surface area contributed by atoms with Crippen LogP contribution in [0.25, 0.3) is 0 Å². The van der Waals surface area contributed by atoms with E-state index in [2.05, 4.69) is 0 Å². The van der Waals surface area contributed by atoms with Gasteiger partial charge in [0, 0.05) is 0 Å². The molecule has 1 unspecified atom stereocenters. The molecule has 0 bridgehead atoms. The Hall–Kier alpha value is -1.94. The number of para-hydroxylation sites is 1. The normalized spacial score (nSPS) is 12.2. The Bertz CT molecular complexity index is 601. The second-order valence-electron chi connectivity index (χ2n) is 5.06. The van der Waals surface area contributed by atoms with Gasteiger partial charge in [-0.3, -0.25) is 0 Å². The summed E-state index contributed by atoms with van der Waals surface area (Å²) < 4.78 is 32.3. The van der Waals surface area contributed by atoms with Crippen molar-refractivity contribution in [1.82, 2.24) is 0 Å². The maximum Gasteiger partial charge on any atom is 0.126 e. The first-order chi connectivity index (χ1) is 10.1. The Morgan fingerprint density at radius 3 is 2.48 bits per heavy atom. The molecule has 0 fully saturated rings. The Morgan fingerprint density at radius 1 is 1.05 bits per heavy atom. The number of halogens is 2. The molecule has 2 N–H and O–H groups in total. The number of methoxy groups -OCH3 is 1. The van der Waals surface area contributed by atoms with Crippen LogP contribution in [0.2, 0.25) is 0 Å². The zero-order valence-electron chi connectivity index (χ0n) is 12.0. The summed E-state index contributed by atoms with van der Waals surface area (Å²) in [6, 6.07) is 11.2. The molecule has 1 atom stereocenters. The molecule has 0 spiro atoms. The lowest BCUT2D eigenvalue weighted by Crippen LogP contribution is -2.20. The van der Waals surface area contributed by atoms with Gasteiger partial charge in [-0.1, -0.05) is 18.2 Å². The van der Waals surface area contributed by atoms with E-state index in [1.165, 1.54) is 6.07 Å². The first-order valence-corrected chi connectivity index (χ1v) is 6.90. The van der Waals surface area contributed by atoms with Gasteiger partial charge in [-0.05, 0) is 60.7 Å². The molecule has 0 aliphatic heterocycles. The van der Waals surface area contributed by atoms with Gasteiger partial charge in [0.1, 0.15) is 17.4 Å². The predicted molar refractivity (Wildman–Crippen MR) is 79.3 cm³/mol. The van der Waals surface area contributed by atoms with Crippen molar-refractivity contribution >= 4 is 0 Å². The Kier molecular flexibility index (Phi) is 5.28. The first-order valence-electron chi connectivity index (χ1n) is 6.90. The fourth-order valence-electron chi connectivity index (χ4n) is 2.43. The van der Waals surface area contributed by atoms with Gasteiger partial charge in [-0.15, -0.1) is 0 Å². The molecular formula is C17H19F2NO. The van der Waals surface area contributed by atoms with E-state index in [1.807, 2.05) is 24.3 Å². The van der Waals surface area contributed by atoms with Crippen molar-refractivity contribution in [3.63, 3.8) is 0 Å². The number of hydrogen-bond acceptors (Lipinski definition) is 2. The zero-order chi connectivity index (χ0) is 15.2. The molecule has 112 valence electrons. The minimum Gasteiger partial charge on any atom is -0.496 e. The average Bonchev–Trinajstić information content (AvgIpc) is 2.50. The van der Waals surface area contributed by atoms with Gasteiger partial charge in [0.05, 0.1) is 7.11 Å². The molecule has 4 heteroatoms. The largest absolute Gasteiger partial charge is 0.496 e. The lowest BCUT2D eigenvalue weighted by atomic mass is 9.92. The molecule has 0 saturated carbocycles. The van der Waals surface area contributed by atoms with Gasteiger partial charge in [0.15, 0.2) is 0 Å². The average molecular weight is 291 g/mol. The Balaban J connectivity index is 2.15. The summed E-state index contributed by atoms with van der Waals surface area (Å²) in [5.74, 6) is -0.0115. The monoisotopic (exact) mass is 291 g/mol. The molecule has 2 rings (SSSR count). The summed E-state index contributed by atoms with van der Waals surface area (Å²) in [4.78, 5) is 0. The molecule has 0 heterocycles. The molecule has 0 aromatic heterocycles. The van der Waals surface area contributed by atoms with Crippen LogP contribution >= 0.6 is 0 Å². The highest BCUT2D eigenvalue weighted by Gasteiger charge is 2.14. The summed E-state index contributed by atoms with van der Waals surface area (Å²) in [6.45, 7) is 0.397. The van der Waals surface area contributed by atoms with Crippen LogP contribution in [0, 0.1) is 17.6 Å². The minimum atomic E-state index is -0.431. The van der Waals surface area contributed by atoms with Crippen LogP contribution in [-0.2, 0) is 12.8 Å². The highest BCUT2D eigenvalue weighted by atomic mass is 19.1. The summed E-state index contributed by atoms with van der Waals surface area (Å²) in [5.41, 5.74) is 7.17. The lowest BCUT2D eigenvalue weighted by Gasteiger charge is -2.17. The fourth-order valence-corrected chi connectivity index (χ4v) is 2.43. The van der Waals surface area contributed by atoms with Gasteiger partial charge < -0.3 is 10.5 Å². The van der Waals surface area contributed by atoms with Crippen molar-refractivity contribution in [1.29, 1.82) is 0 Å². The zero-order valence-corrected chi connectivity index (χ0v) is 12.0. The van der Waals surface area contributed by atoms with Crippen molar-refractivity contribution in [2.45, 2.75) is 12.8 Å². The summed E-state index contributed by atoms with van der Waals surface area (Å²) in [7, 11) is 1.61. The molecule has 0 aliphatic carbocycles. The Labute approximate surface area is 123 Å². The second-order valence-corrected chi connectivity index (χ2v) is 5.06. The summed E-state index contributed by atoms with van der Waals surface area (Å²) in [6.07, 6.45) is 1.06. The van der Waals surface area contributed by atoms with E-state index in [0.29, 0.717) is 24.9 Å². The number of hydrogen-bond donors (Lipinski definition) is 1. The van der Waals surface area contributed by atoms with Gasteiger partial charge in [0.2, 0.25) is 0 Å². The summed E-state index contributed by atoms with van der Waals surface area (Å²) >= 11 is 0. The smallest absolute Gasteiger partial charge is 0.126 e. The van der Waals surface area contributed by atoms with Crippen molar-refractivity contribution in [3.8, 4) is 5.75 Å². The molecule has 21 heavy (non-hydrogen) atoms. The Morgan fingerprint density at radius 2 is 1.76 bits per heavy atom. The van der Waals surface area contributed by atoms with Crippen LogP contribution in [0.4, 0.5) is 8.78 Å². The number of nitrogens with two attached hydrogens (primary N) is 1. The molecule has 2 nitrogen and oxygen atoms in total. The second kappa shape index (κ2) is 7.18.